The highest BCUT2D eigenvalue weighted by molar-refractivity contribution is 7.13. The summed E-state index contributed by atoms with van der Waals surface area (Å²) in [6.07, 6.45) is 1.23. The van der Waals surface area contributed by atoms with Crippen molar-refractivity contribution in [3.63, 3.8) is 0 Å². The molecule has 17 heavy (non-hydrogen) atoms. The quantitative estimate of drug-likeness (QED) is 0.812. The van der Waals surface area contributed by atoms with Crippen molar-refractivity contribution in [2.75, 3.05) is 0 Å². The van der Waals surface area contributed by atoms with E-state index in [4.69, 9.17) is 0 Å². The van der Waals surface area contributed by atoms with Crippen LogP contribution in [0.25, 0.3) is 10.7 Å². The first-order valence-electron chi connectivity index (χ1n) is 5.10. The van der Waals surface area contributed by atoms with Gasteiger partial charge in [-0.1, -0.05) is 12.6 Å². The normalized spacial score (nSPS) is 12.1. The maximum atomic E-state index is 11.1. The number of carbonyl (C=O) groups excluding carboxylic acids is 1. The molecule has 2 rings (SSSR count). The minimum absolute atomic E-state index is 0.221. The Morgan fingerprint density at radius 2 is 2.53 bits per heavy atom. The Morgan fingerprint density at radius 3 is 3.18 bits per heavy atom. The second-order valence-corrected chi connectivity index (χ2v) is 4.40. The summed E-state index contributed by atoms with van der Waals surface area (Å²) >= 11 is 1.57. The lowest BCUT2D eigenvalue weighted by Gasteiger charge is -2.07. The van der Waals surface area contributed by atoms with E-state index in [1.54, 1.807) is 11.3 Å². The van der Waals surface area contributed by atoms with E-state index in [0.29, 0.717) is 11.6 Å². The molecule has 1 amide bonds. The lowest BCUT2D eigenvalue weighted by atomic mass is 10.3. The van der Waals surface area contributed by atoms with Gasteiger partial charge in [0, 0.05) is 0 Å². The molecule has 0 spiro atoms. The Kier molecular flexibility index (Phi) is 3.34. The Bertz CT molecular complexity index is 517. The summed E-state index contributed by atoms with van der Waals surface area (Å²) in [5.41, 5.74) is 0. The molecule has 0 bridgehead atoms. The van der Waals surface area contributed by atoms with E-state index >= 15 is 0 Å². The molecule has 2 aromatic heterocycles. The van der Waals surface area contributed by atoms with E-state index in [-0.39, 0.29) is 11.9 Å². The molecule has 88 valence electrons. The van der Waals surface area contributed by atoms with Gasteiger partial charge in [0.25, 0.3) is 0 Å². The number of nitrogens with one attached hydrogen (secondary N) is 2. The van der Waals surface area contributed by atoms with Crippen LogP contribution in [-0.2, 0) is 4.79 Å². The van der Waals surface area contributed by atoms with Crippen molar-refractivity contribution in [1.29, 1.82) is 0 Å². The zero-order valence-electron chi connectivity index (χ0n) is 9.30. The molecule has 6 heteroatoms. The van der Waals surface area contributed by atoms with Crippen LogP contribution in [0, 0.1) is 0 Å². The second kappa shape index (κ2) is 4.92. The van der Waals surface area contributed by atoms with E-state index in [1.807, 2.05) is 24.4 Å². The molecule has 2 heterocycles. The van der Waals surface area contributed by atoms with Gasteiger partial charge in [-0.15, -0.1) is 11.3 Å². The van der Waals surface area contributed by atoms with Gasteiger partial charge in [-0.05, 0) is 24.4 Å². The van der Waals surface area contributed by atoms with E-state index < -0.39 is 0 Å². The number of carbonyl (C=O) groups is 1. The Balaban J connectivity index is 2.13. The summed E-state index contributed by atoms with van der Waals surface area (Å²) in [6, 6.07) is 3.67. The summed E-state index contributed by atoms with van der Waals surface area (Å²) in [5, 5.41) is 11.6. The number of hydrogen-bond donors (Lipinski definition) is 2. The first-order chi connectivity index (χ1) is 8.20. The zero-order chi connectivity index (χ0) is 12.3. The third kappa shape index (κ3) is 2.59. The number of hydrogen-bond acceptors (Lipinski definition) is 4. The molecular weight excluding hydrogens is 236 g/mol. The summed E-state index contributed by atoms with van der Waals surface area (Å²) < 4.78 is 0. The third-order valence-electron chi connectivity index (χ3n) is 2.20. The minimum Gasteiger partial charge on any atom is -0.343 e. The van der Waals surface area contributed by atoms with Crippen LogP contribution in [-0.4, -0.2) is 21.1 Å². The van der Waals surface area contributed by atoms with Crippen LogP contribution in [0.4, 0.5) is 0 Å². The summed E-state index contributed by atoms with van der Waals surface area (Å²) in [7, 11) is 0. The monoisotopic (exact) mass is 248 g/mol. The van der Waals surface area contributed by atoms with Crippen LogP contribution in [0.15, 0.2) is 30.2 Å². The molecule has 2 N–H and O–H groups in total. The number of aromatic nitrogens is 3. The fourth-order valence-electron chi connectivity index (χ4n) is 1.32. The van der Waals surface area contributed by atoms with E-state index in [9.17, 15) is 4.79 Å². The lowest BCUT2D eigenvalue weighted by Crippen LogP contribution is -2.25. The molecule has 0 radical (unpaired) electrons. The highest BCUT2D eigenvalue weighted by Crippen LogP contribution is 2.21. The van der Waals surface area contributed by atoms with Crippen molar-refractivity contribution < 1.29 is 4.79 Å². The van der Waals surface area contributed by atoms with Crippen molar-refractivity contribution in [3.8, 4) is 10.7 Å². The highest BCUT2D eigenvalue weighted by atomic mass is 32.1. The van der Waals surface area contributed by atoms with Gasteiger partial charge >= 0.3 is 0 Å². The fraction of sp³-hybridized carbons (Fsp3) is 0.182. The van der Waals surface area contributed by atoms with Crippen LogP contribution >= 0.6 is 11.3 Å². The number of rotatable bonds is 4. The SMILES string of the molecule is C=CC(=O)NC(C)c1nc(-c2cccs2)n[nH]1. The van der Waals surface area contributed by atoms with Gasteiger partial charge in [0.2, 0.25) is 5.91 Å². The Morgan fingerprint density at radius 1 is 1.71 bits per heavy atom. The van der Waals surface area contributed by atoms with Crippen molar-refractivity contribution >= 4 is 17.2 Å². The molecule has 1 unspecified atom stereocenters. The molecule has 5 nitrogen and oxygen atoms in total. The highest BCUT2D eigenvalue weighted by Gasteiger charge is 2.13. The maximum absolute atomic E-state index is 11.1. The smallest absolute Gasteiger partial charge is 0.243 e. The molecule has 0 aliphatic rings. The third-order valence-corrected chi connectivity index (χ3v) is 3.06. The van der Waals surface area contributed by atoms with Gasteiger partial charge in [0.1, 0.15) is 5.82 Å². The average molecular weight is 248 g/mol. The molecule has 0 saturated heterocycles. The summed E-state index contributed by atoms with van der Waals surface area (Å²) in [5.74, 6) is 1.05. The average Bonchev–Trinajstić information content (AvgIpc) is 2.98. The lowest BCUT2D eigenvalue weighted by molar-refractivity contribution is -0.117. The van der Waals surface area contributed by atoms with Crippen LogP contribution < -0.4 is 5.32 Å². The molecule has 0 saturated carbocycles. The van der Waals surface area contributed by atoms with Gasteiger partial charge in [-0.25, -0.2) is 4.98 Å². The van der Waals surface area contributed by atoms with Crippen molar-refractivity contribution in [2.24, 2.45) is 0 Å². The number of H-pyrrole nitrogens is 1. The van der Waals surface area contributed by atoms with Crippen molar-refractivity contribution in [3.05, 3.63) is 36.0 Å². The first kappa shape index (κ1) is 11.5. The predicted molar refractivity (Wildman–Crippen MR) is 66.5 cm³/mol. The summed E-state index contributed by atoms with van der Waals surface area (Å²) in [6.45, 7) is 5.23. The van der Waals surface area contributed by atoms with Gasteiger partial charge in [-0.2, -0.15) is 5.10 Å². The fourth-order valence-corrected chi connectivity index (χ4v) is 1.98. The maximum Gasteiger partial charge on any atom is 0.243 e. The standard InChI is InChI=1S/C11H12N4OS/c1-3-9(16)12-7(2)10-13-11(15-14-10)8-5-4-6-17-8/h3-7H,1H2,2H3,(H,12,16)(H,13,14,15). The van der Waals surface area contributed by atoms with Crippen LogP contribution in [0.3, 0.4) is 0 Å². The minimum atomic E-state index is -0.230. The molecule has 0 fully saturated rings. The second-order valence-electron chi connectivity index (χ2n) is 3.46. The van der Waals surface area contributed by atoms with Crippen molar-refractivity contribution in [2.45, 2.75) is 13.0 Å². The van der Waals surface area contributed by atoms with Crippen LogP contribution in [0.1, 0.15) is 18.8 Å². The van der Waals surface area contributed by atoms with Crippen LogP contribution in [0.5, 0.6) is 0 Å². The molecule has 2 aromatic rings. The van der Waals surface area contributed by atoms with E-state index in [1.165, 1.54) is 6.08 Å². The molecule has 0 aromatic carbocycles. The topological polar surface area (TPSA) is 70.7 Å². The largest absolute Gasteiger partial charge is 0.343 e. The zero-order valence-corrected chi connectivity index (χ0v) is 10.1. The Hall–Kier alpha value is -1.95. The van der Waals surface area contributed by atoms with Gasteiger partial charge < -0.3 is 5.32 Å². The van der Waals surface area contributed by atoms with Crippen molar-refractivity contribution in [1.82, 2.24) is 20.5 Å². The molecular formula is C11H12N4OS. The van der Waals surface area contributed by atoms with Gasteiger partial charge in [0.15, 0.2) is 5.82 Å². The van der Waals surface area contributed by atoms with Crippen LogP contribution in [0.2, 0.25) is 0 Å². The number of thiophene rings is 1. The first-order valence-corrected chi connectivity index (χ1v) is 5.97. The number of nitrogens with zero attached hydrogens (tertiary/aromatic N) is 2. The summed E-state index contributed by atoms with van der Waals surface area (Å²) in [4.78, 5) is 16.5. The van der Waals surface area contributed by atoms with E-state index in [0.717, 1.165) is 4.88 Å². The Labute approximate surface area is 103 Å². The van der Waals surface area contributed by atoms with E-state index in [2.05, 4.69) is 27.1 Å². The number of aromatic amines is 1. The van der Waals surface area contributed by atoms with Gasteiger partial charge in [0.05, 0.1) is 10.9 Å². The number of amides is 1. The predicted octanol–water partition coefficient (Wildman–Crippen LogP) is 1.90. The molecule has 1 atom stereocenters. The molecule has 0 aliphatic heterocycles. The molecule has 0 aliphatic carbocycles. The van der Waals surface area contributed by atoms with Gasteiger partial charge in [-0.3, -0.25) is 9.89 Å².